The summed E-state index contributed by atoms with van der Waals surface area (Å²) in [6, 6.07) is 2.13. The first-order valence-electron chi connectivity index (χ1n) is 7.07. The molecule has 4 nitrogen and oxygen atoms in total. The highest BCUT2D eigenvalue weighted by Gasteiger charge is 2.23. The number of nitrogens with zero attached hydrogens (tertiary/aromatic N) is 2. The number of fused-ring (bicyclic) bond motifs is 1. The maximum absolute atomic E-state index is 11.5. The van der Waals surface area contributed by atoms with Crippen LogP contribution < -0.4 is 10.6 Å². The van der Waals surface area contributed by atoms with E-state index in [-0.39, 0.29) is 0 Å². The van der Waals surface area contributed by atoms with Gasteiger partial charge in [0.15, 0.2) is 0 Å². The third-order valence-electron chi connectivity index (χ3n) is 4.02. The number of nitrogens with two attached hydrogens (primary N) is 1. The molecule has 2 heterocycles. The molecule has 108 valence electrons. The van der Waals surface area contributed by atoms with E-state index >= 15 is 0 Å². The van der Waals surface area contributed by atoms with Crippen LogP contribution in [0.1, 0.15) is 29.7 Å². The lowest BCUT2D eigenvalue weighted by atomic mass is 9.94. The van der Waals surface area contributed by atoms with E-state index in [0.29, 0.717) is 16.5 Å². The van der Waals surface area contributed by atoms with E-state index in [1.165, 1.54) is 24.1 Å². The van der Waals surface area contributed by atoms with E-state index in [9.17, 15) is 4.21 Å². The molecule has 1 fully saturated rings. The van der Waals surface area contributed by atoms with Crippen LogP contribution in [0.15, 0.2) is 6.07 Å². The van der Waals surface area contributed by atoms with Crippen LogP contribution in [-0.4, -0.2) is 38.8 Å². The maximum atomic E-state index is 11.5. The molecule has 1 aliphatic heterocycles. The van der Waals surface area contributed by atoms with Crippen LogP contribution in [0.2, 0.25) is 0 Å². The monoisotopic (exact) mass is 309 g/mol. The minimum atomic E-state index is -0.687. The fraction of sp³-hybridized carbons (Fsp3) is 0.571. The molecule has 2 aliphatic rings. The summed E-state index contributed by atoms with van der Waals surface area (Å²) in [7, 11) is -0.687. The normalized spacial score (nSPS) is 19.7. The molecular formula is C14H19N3OS2. The lowest BCUT2D eigenvalue weighted by molar-refractivity contribution is 0.660. The van der Waals surface area contributed by atoms with E-state index in [2.05, 4.69) is 11.0 Å². The van der Waals surface area contributed by atoms with Gasteiger partial charge in [0.05, 0.1) is 5.56 Å². The number of rotatable bonds is 2. The Balaban J connectivity index is 1.99. The average molecular weight is 309 g/mol. The number of aryl methyl sites for hydroxylation is 2. The fourth-order valence-electron chi connectivity index (χ4n) is 2.89. The largest absolute Gasteiger partial charge is 0.389 e. The van der Waals surface area contributed by atoms with Gasteiger partial charge in [0.1, 0.15) is 10.8 Å². The molecule has 0 atom stereocenters. The van der Waals surface area contributed by atoms with Gasteiger partial charge < -0.3 is 10.6 Å². The molecule has 0 spiro atoms. The maximum Gasteiger partial charge on any atom is 0.139 e. The molecule has 0 aromatic carbocycles. The molecular weight excluding hydrogens is 290 g/mol. The first-order chi connectivity index (χ1) is 9.65. The summed E-state index contributed by atoms with van der Waals surface area (Å²) in [5, 5.41) is 0. The van der Waals surface area contributed by atoms with Crippen molar-refractivity contribution in [1.82, 2.24) is 4.98 Å². The molecule has 2 N–H and O–H groups in total. The first kappa shape index (κ1) is 13.9. The SMILES string of the molecule is NC(=S)c1cc2c(nc1N1CCS(=O)CC1)CCCC2. The van der Waals surface area contributed by atoms with Gasteiger partial charge in [-0.2, -0.15) is 0 Å². The number of hydrogen-bond acceptors (Lipinski definition) is 4. The molecule has 6 heteroatoms. The second-order valence-electron chi connectivity index (χ2n) is 5.37. The van der Waals surface area contributed by atoms with Crippen LogP contribution in [0.5, 0.6) is 0 Å². The van der Waals surface area contributed by atoms with Gasteiger partial charge in [-0.3, -0.25) is 4.21 Å². The third kappa shape index (κ3) is 2.72. The Morgan fingerprint density at radius 2 is 2.00 bits per heavy atom. The smallest absolute Gasteiger partial charge is 0.139 e. The van der Waals surface area contributed by atoms with Gasteiger partial charge in [-0.15, -0.1) is 0 Å². The van der Waals surface area contributed by atoms with Gasteiger partial charge in [-0.25, -0.2) is 4.98 Å². The van der Waals surface area contributed by atoms with Gasteiger partial charge in [0.2, 0.25) is 0 Å². The average Bonchev–Trinajstić information content (AvgIpc) is 2.46. The Morgan fingerprint density at radius 1 is 1.30 bits per heavy atom. The van der Waals surface area contributed by atoms with E-state index in [0.717, 1.165) is 37.3 Å². The predicted molar refractivity (Wildman–Crippen MR) is 86.9 cm³/mol. The summed E-state index contributed by atoms with van der Waals surface area (Å²) in [4.78, 5) is 7.44. The van der Waals surface area contributed by atoms with Crippen molar-refractivity contribution >= 4 is 33.8 Å². The number of anilines is 1. The molecule has 0 bridgehead atoms. The minimum absolute atomic E-state index is 0.410. The topological polar surface area (TPSA) is 59.2 Å². The Hall–Kier alpha value is -1.01. The van der Waals surface area contributed by atoms with E-state index in [4.69, 9.17) is 22.9 Å². The quantitative estimate of drug-likeness (QED) is 0.831. The molecule has 1 aromatic rings. The highest BCUT2D eigenvalue weighted by Crippen LogP contribution is 2.27. The van der Waals surface area contributed by atoms with Crippen LogP contribution >= 0.6 is 12.2 Å². The predicted octanol–water partition coefficient (Wildman–Crippen LogP) is 1.16. The Kier molecular flexibility index (Phi) is 4.03. The molecule has 1 saturated heterocycles. The Morgan fingerprint density at radius 3 is 2.70 bits per heavy atom. The number of pyridine rings is 1. The zero-order valence-corrected chi connectivity index (χ0v) is 13.1. The van der Waals surface area contributed by atoms with Crippen LogP contribution in [0.3, 0.4) is 0 Å². The van der Waals surface area contributed by atoms with Crippen LogP contribution in [-0.2, 0) is 23.6 Å². The van der Waals surface area contributed by atoms with Crippen LogP contribution in [0, 0.1) is 0 Å². The summed E-state index contributed by atoms with van der Waals surface area (Å²) >= 11 is 5.20. The molecule has 0 unspecified atom stereocenters. The first-order valence-corrected chi connectivity index (χ1v) is 8.97. The zero-order valence-electron chi connectivity index (χ0n) is 11.4. The van der Waals surface area contributed by atoms with Gasteiger partial charge in [-0.1, -0.05) is 12.2 Å². The van der Waals surface area contributed by atoms with Crippen molar-refractivity contribution in [3.63, 3.8) is 0 Å². The van der Waals surface area contributed by atoms with Crippen molar-refractivity contribution in [2.24, 2.45) is 5.73 Å². The van der Waals surface area contributed by atoms with Crippen molar-refractivity contribution in [1.29, 1.82) is 0 Å². The standard InChI is InChI=1S/C14H19N3OS2/c15-13(19)11-9-10-3-1-2-4-12(10)16-14(11)17-5-7-20(18)8-6-17/h9H,1-8H2,(H2,15,19). The van der Waals surface area contributed by atoms with Crippen molar-refractivity contribution in [2.45, 2.75) is 25.7 Å². The summed E-state index contributed by atoms with van der Waals surface area (Å²) in [5.74, 6) is 2.31. The lowest BCUT2D eigenvalue weighted by Crippen LogP contribution is -2.39. The Bertz CT molecular complexity index is 564. The highest BCUT2D eigenvalue weighted by molar-refractivity contribution is 7.85. The minimum Gasteiger partial charge on any atom is -0.389 e. The second kappa shape index (κ2) is 5.77. The summed E-state index contributed by atoms with van der Waals surface area (Å²) < 4.78 is 11.5. The molecule has 0 saturated carbocycles. The zero-order chi connectivity index (χ0) is 14.1. The Labute approximate surface area is 127 Å². The molecule has 0 amide bonds. The number of thiocarbonyl (C=S) groups is 1. The van der Waals surface area contributed by atoms with Crippen molar-refractivity contribution in [3.05, 3.63) is 22.9 Å². The van der Waals surface area contributed by atoms with Crippen LogP contribution in [0.25, 0.3) is 0 Å². The summed E-state index contributed by atoms with van der Waals surface area (Å²) in [6.45, 7) is 1.54. The van der Waals surface area contributed by atoms with Gasteiger partial charge in [-0.05, 0) is 37.3 Å². The van der Waals surface area contributed by atoms with Crippen molar-refractivity contribution in [3.8, 4) is 0 Å². The molecule has 3 rings (SSSR count). The summed E-state index contributed by atoms with van der Waals surface area (Å²) in [5.41, 5.74) is 9.26. The van der Waals surface area contributed by atoms with E-state index < -0.39 is 10.8 Å². The molecule has 20 heavy (non-hydrogen) atoms. The molecule has 0 radical (unpaired) electrons. The molecule has 1 aliphatic carbocycles. The van der Waals surface area contributed by atoms with E-state index in [1.807, 2.05) is 0 Å². The van der Waals surface area contributed by atoms with Crippen LogP contribution in [0.4, 0.5) is 5.82 Å². The number of aromatic nitrogens is 1. The van der Waals surface area contributed by atoms with Crippen molar-refractivity contribution < 1.29 is 4.21 Å². The fourth-order valence-corrected chi connectivity index (χ4v) is 4.10. The van der Waals surface area contributed by atoms with Gasteiger partial charge in [0.25, 0.3) is 0 Å². The summed E-state index contributed by atoms with van der Waals surface area (Å²) in [6.07, 6.45) is 4.53. The lowest BCUT2D eigenvalue weighted by Gasteiger charge is -2.30. The van der Waals surface area contributed by atoms with E-state index in [1.54, 1.807) is 0 Å². The van der Waals surface area contributed by atoms with Gasteiger partial charge >= 0.3 is 0 Å². The third-order valence-corrected chi connectivity index (χ3v) is 5.52. The van der Waals surface area contributed by atoms with Crippen molar-refractivity contribution in [2.75, 3.05) is 29.5 Å². The highest BCUT2D eigenvalue weighted by atomic mass is 32.2. The number of hydrogen-bond donors (Lipinski definition) is 1. The molecule has 1 aromatic heterocycles. The second-order valence-corrected chi connectivity index (χ2v) is 7.51. The van der Waals surface area contributed by atoms with Gasteiger partial charge in [0, 0.05) is 41.1 Å².